The van der Waals surface area contributed by atoms with Crippen molar-refractivity contribution in [1.82, 2.24) is 5.32 Å². The quantitative estimate of drug-likeness (QED) is 0.554. The molecule has 0 aliphatic carbocycles. The van der Waals surface area contributed by atoms with Crippen molar-refractivity contribution in [3.8, 4) is 5.75 Å². The Morgan fingerprint density at radius 1 is 1.32 bits per heavy atom. The zero-order valence-corrected chi connectivity index (χ0v) is 12.1. The van der Waals surface area contributed by atoms with Gasteiger partial charge in [-0.3, -0.25) is 0 Å². The van der Waals surface area contributed by atoms with Crippen molar-refractivity contribution in [1.29, 1.82) is 0 Å². The summed E-state index contributed by atoms with van der Waals surface area (Å²) in [5.74, 6) is 1.05. The molecule has 0 unspecified atom stereocenters. The number of ether oxygens (including phenoxy) is 1. The van der Waals surface area contributed by atoms with Crippen molar-refractivity contribution in [3.63, 3.8) is 0 Å². The monoisotopic (exact) mass is 283 g/mol. The molecule has 0 atom stereocenters. The van der Waals surface area contributed by atoms with Gasteiger partial charge in [0.25, 0.3) is 0 Å². The van der Waals surface area contributed by atoms with E-state index in [1.165, 1.54) is 6.26 Å². The summed E-state index contributed by atoms with van der Waals surface area (Å²) in [6.07, 6.45) is 3.60. The highest BCUT2D eigenvalue weighted by Gasteiger charge is 2.01. The maximum atomic E-state index is 10.9. The third-order valence-electron chi connectivity index (χ3n) is 2.49. The van der Waals surface area contributed by atoms with E-state index in [-0.39, 0.29) is 5.75 Å². The van der Waals surface area contributed by atoms with Crippen molar-refractivity contribution in [2.45, 2.75) is 13.0 Å². The molecular weight excluding hydrogens is 262 g/mol. The molecule has 19 heavy (non-hydrogen) atoms. The van der Waals surface area contributed by atoms with E-state index in [0.29, 0.717) is 19.6 Å². The third kappa shape index (κ3) is 7.64. The molecule has 5 heteroatoms. The van der Waals surface area contributed by atoms with Crippen LogP contribution in [-0.2, 0) is 16.4 Å². The van der Waals surface area contributed by atoms with Crippen LogP contribution < -0.4 is 10.1 Å². The minimum absolute atomic E-state index is 0.230. The van der Waals surface area contributed by atoms with Crippen LogP contribution in [0.3, 0.4) is 0 Å². The summed E-state index contributed by atoms with van der Waals surface area (Å²) < 4.78 is 27.3. The lowest BCUT2D eigenvalue weighted by Crippen LogP contribution is -2.17. The second-order valence-corrected chi connectivity index (χ2v) is 6.66. The topological polar surface area (TPSA) is 55.4 Å². The Balaban J connectivity index is 2.24. The van der Waals surface area contributed by atoms with Crippen molar-refractivity contribution in [2.24, 2.45) is 0 Å². The molecule has 1 aromatic carbocycles. The fraction of sp³-hybridized carbons (Fsp3) is 0.429. The standard InChI is InChI=1S/C14H21NO3S/c1-3-10-18-14-7-5-13(6-8-14)12-15-9-4-11-19(2,16)17/h3,5-8,15H,1,4,9-12H2,2H3. The molecule has 1 N–H and O–H groups in total. The Labute approximate surface area is 115 Å². The van der Waals surface area contributed by atoms with Crippen molar-refractivity contribution in [3.05, 3.63) is 42.5 Å². The smallest absolute Gasteiger partial charge is 0.147 e. The van der Waals surface area contributed by atoms with Gasteiger partial charge in [-0.2, -0.15) is 0 Å². The molecule has 0 saturated carbocycles. The highest BCUT2D eigenvalue weighted by Crippen LogP contribution is 2.11. The molecule has 0 bridgehead atoms. The normalized spacial score (nSPS) is 11.2. The Morgan fingerprint density at radius 3 is 2.58 bits per heavy atom. The zero-order valence-electron chi connectivity index (χ0n) is 11.3. The van der Waals surface area contributed by atoms with Gasteiger partial charge in [-0.05, 0) is 30.7 Å². The van der Waals surface area contributed by atoms with E-state index in [1.807, 2.05) is 24.3 Å². The summed E-state index contributed by atoms with van der Waals surface area (Å²) in [6.45, 7) is 5.52. The number of nitrogens with one attached hydrogen (secondary N) is 1. The first-order valence-electron chi connectivity index (χ1n) is 6.22. The number of sulfone groups is 1. The van der Waals surface area contributed by atoms with Gasteiger partial charge < -0.3 is 10.1 Å². The molecule has 0 heterocycles. The second-order valence-electron chi connectivity index (χ2n) is 4.40. The maximum absolute atomic E-state index is 10.9. The van der Waals surface area contributed by atoms with Gasteiger partial charge in [0.2, 0.25) is 0 Å². The van der Waals surface area contributed by atoms with Gasteiger partial charge in [-0.15, -0.1) is 0 Å². The van der Waals surface area contributed by atoms with Crippen LogP contribution >= 0.6 is 0 Å². The molecule has 1 aromatic rings. The average Bonchev–Trinajstić information content (AvgIpc) is 2.36. The lowest BCUT2D eigenvalue weighted by atomic mass is 10.2. The van der Waals surface area contributed by atoms with E-state index in [2.05, 4.69) is 11.9 Å². The van der Waals surface area contributed by atoms with Crippen LogP contribution in [0, 0.1) is 0 Å². The molecule has 0 amide bonds. The van der Waals surface area contributed by atoms with Gasteiger partial charge in [0.1, 0.15) is 22.2 Å². The van der Waals surface area contributed by atoms with Crippen LogP contribution in [0.25, 0.3) is 0 Å². The lowest BCUT2D eigenvalue weighted by Gasteiger charge is -2.06. The lowest BCUT2D eigenvalue weighted by molar-refractivity contribution is 0.363. The highest BCUT2D eigenvalue weighted by molar-refractivity contribution is 7.90. The van der Waals surface area contributed by atoms with Crippen LogP contribution in [-0.4, -0.2) is 33.6 Å². The highest BCUT2D eigenvalue weighted by atomic mass is 32.2. The number of hydrogen-bond donors (Lipinski definition) is 1. The van der Waals surface area contributed by atoms with E-state index in [0.717, 1.165) is 17.9 Å². The van der Waals surface area contributed by atoms with Crippen LogP contribution in [0.4, 0.5) is 0 Å². The molecule has 1 rings (SSSR count). The third-order valence-corrected chi connectivity index (χ3v) is 3.52. The fourth-order valence-corrected chi connectivity index (χ4v) is 2.22. The fourth-order valence-electron chi connectivity index (χ4n) is 1.55. The van der Waals surface area contributed by atoms with Gasteiger partial charge in [0, 0.05) is 12.8 Å². The van der Waals surface area contributed by atoms with Gasteiger partial charge in [0.05, 0.1) is 5.75 Å². The molecule has 0 aliphatic rings. The van der Waals surface area contributed by atoms with Crippen molar-refractivity contribution < 1.29 is 13.2 Å². The summed E-state index contributed by atoms with van der Waals surface area (Å²) in [6, 6.07) is 7.80. The van der Waals surface area contributed by atoms with E-state index >= 15 is 0 Å². The number of hydrogen-bond acceptors (Lipinski definition) is 4. The molecule has 0 spiro atoms. The van der Waals surface area contributed by atoms with Gasteiger partial charge >= 0.3 is 0 Å². The molecule has 0 fully saturated rings. The summed E-state index contributed by atoms with van der Waals surface area (Å²) >= 11 is 0. The van der Waals surface area contributed by atoms with Crippen LogP contribution in [0.5, 0.6) is 5.75 Å². The molecule has 0 aliphatic heterocycles. The van der Waals surface area contributed by atoms with E-state index in [1.54, 1.807) is 6.08 Å². The summed E-state index contributed by atoms with van der Waals surface area (Å²) in [5.41, 5.74) is 1.14. The summed E-state index contributed by atoms with van der Waals surface area (Å²) in [5, 5.41) is 3.22. The SMILES string of the molecule is C=CCOc1ccc(CNCCCS(C)(=O)=O)cc1. The number of benzene rings is 1. The molecule has 106 valence electrons. The Hall–Kier alpha value is -1.33. The Morgan fingerprint density at radius 2 is 2.00 bits per heavy atom. The number of rotatable bonds is 9. The van der Waals surface area contributed by atoms with Gasteiger partial charge in [-0.1, -0.05) is 24.8 Å². The minimum atomic E-state index is -2.85. The first-order chi connectivity index (χ1) is 9.01. The first kappa shape index (κ1) is 15.7. The van der Waals surface area contributed by atoms with Crippen LogP contribution in [0.1, 0.15) is 12.0 Å². The summed E-state index contributed by atoms with van der Waals surface area (Å²) in [7, 11) is -2.85. The molecule has 0 aromatic heterocycles. The zero-order chi connectivity index (χ0) is 14.1. The van der Waals surface area contributed by atoms with Crippen molar-refractivity contribution in [2.75, 3.05) is 25.2 Å². The predicted molar refractivity (Wildman–Crippen MR) is 78.2 cm³/mol. The van der Waals surface area contributed by atoms with E-state index in [4.69, 9.17) is 4.74 Å². The molecule has 0 saturated heterocycles. The second kappa shape index (κ2) is 7.96. The van der Waals surface area contributed by atoms with Crippen LogP contribution in [0.15, 0.2) is 36.9 Å². The molecule has 0 radical (unpaired) electrons. The largest absolute Gasteiger partial charge is 0.490 e. The Bertz CT molecular complexity index is 480. The summed E-state index contributed by atoms with van der Waals surface area (Å²) in [4.78, 5) is 0. The minimum Gasteiger partial charge on any atom is -0.490 e. The van der Waals surface area contributed by atoms with E-state index < -0.39 is 9.84 Å². The van der Waals surface area contributed by atoms with Crippen LogP contribution in [0.2, 0.25) is 0 Å². The molecular formula is C14H21NO3S. The maximum Gasteiger partial charge on any atom is 0.147 e. The average molecular weight is 283 g/mol. The van der Waals surface area contributed by atoms with Gasteiger partial charge in [0.15, 0.2) is 0 Å². The van der Waals surface area contributed by atoms with E-state index in [9.17, 15) is 8.42 Å². The Kier molecular flexibility index (Phi) is 6.59. The molecule has 4 nitrogen and oxygen atoms in total. The van der Waals surface area contributed by atoms with Gasteiger partial charge in [-0.25, -0.2) is 8.42 Å². The predicted octanol–water partition coefficient (Wildman–Crippen LogP) is 1.78. The van der Waals surface area contributed by atoms with Crippen molar-refractivity contribution >= 4 is 9.84 Å². The first-order valence-corrected chi connectivity index (χ1v) is 8.28.